The molecule has 1 rings (SSSR count). The fourth-order valence-corrected chi connectivity index (χ4v) is 1.51. The summed E-state index contributed by atoms with van der Waals surface area (Å²) in [7, 11) is 0. The van der Waals surface area contributed by atoms with Crippen molar-refractivity contribution < 1.29 is 4.42 Å². The van der Waals surface area contributed by atoms with E-state index in [1.807, 2.05) is 11.0 Å². The molecule has 0 amide bonds. The lowest BCUT2D eigenvalue weighted by Crippen LogP contribution is -2.23. The molecule has 0 fully saturated rings. The number of hydrogen-bond donors (Lipinski definition) is 1. The Morgan fingerprint density at radius 1 is 1.59 bits per heavy atom. The highest BCUT2D eigenvalue weighted by atomic mass is 16.4. The van der Waals surface area contributed by atoms with E-state index in [4.69, 9.17) is 4.42 Å². The number of anilines is 1. The lowest BCUT2D eigenvalue weighted by molar-refractivity contribution is 0.534. The zero-order chi connectivity index (χ0) is 12.7. The van der Waals surface area contributed by atoms with Crippen LogP contribution in [0.15, 0.2) is 23.3 Å². The summed E-state index contributed by atoms with van der Waals surface area (Å²) in [5.41, 5.74) is 0.947. The number of oxazole rings is 1. The number of hydrogen-bond acceptors (Lipinski definition) is 4. The van der Waals surface area contributed by atoms with Crippen LogP contribution in [-0.4, -0.2) is 24.6 Å². The van der Waals surface area contributed by atoms with Gasteiger partial charge in [0.05, 0.1) is 5.69 Å². The number of rotatable bonds is 8. The summed E-state index contributed by atoms with van der Waals surface area (Å²) >= 11 is 0. The van der Waals surface area contributed by atoms with E-state index < -0.39 is 0 Å². The van der Waals surface area contributed by atoms with Crippen LogP contribution in [0.1, 0.15) is 26.5 Å². The summed E-state index contributed by atoms with van der Waals surface area (Å²) in [6.07, 6.45) is 3.57. The molecule has 0 aromatic carbocycles. The zero-order valence-corrected chi connectivity index (χ0v) is 11.1. The Morgan fingerprint density at radius 3 is 2.94 bits per heavy atom. The highest BCUT2D eigenvalue weighted by molar-refractivity contribution is 5.27. The monoisotopic (exact) mass is 237 g/mol. The summed E-state index contributed by atoms with van der Waals surface area (Å²) in [5.74, 6) is 0.647. The van der Waals surface area contributed by atoms with Gasteiger partial charge in [-0.3, -0.25) is 0 Å². The van der Waals surface area contributed by atoms with Gasteiger partial charge in [0.25, 0.3) is 6.01 Å². The Hall–Kier alpha value is -1.29. The molecule has 0 bridgehead atoms. The molecule has 4 nitrogen and oxygen atoms in total. The molecule has 0 aliphatic carbocycles. The van der Waals surface area contributed by atoms with E-state index in [1.54, 1.807) is 6.26 Å². The molecule has 4 heteroatoms. The van der Waals surface area contributed by atoms with Gasteiger partial charge in [-0.2, -0.15) is 4.98 Å². The van der Waals surface area contributed by atoms with Crippen LogP contribution in [0.5, 0.6) is 0 Å². The Morgan fingerprint density at radius 2 is 2.35 bits per heavy atom. The lowest BCUT2D eigenvalue weighted by Gasteiger charge is -2.15. The minimum absolute atomic E-state index is 0.647. The summed E-state index contributed by atoms with van der Waals surface area (Å²) in [4.78, 5) is 6.49. The second-order valence-corrected chi connectivity index (χ2v) is 4.47. The molecule has 0 spiro atoms. The first-order valence-electron chi connectivity index (χ1n) is 6.18. The van der Waals surface area contributed by atoms with Crippen molar-refractivity contribution in [2.45, 2.75) is 27.3 Å². The van der Waals surface area contributed by atoms with E-state index in [2.05, 4.69) is 37.7 Å². The van der Waals surface area contributed by atoms with Gasteiger partial charge in [-0.05, 0) is 19.4 Å². The standard InChI is InChI=1S/C13H23N3O/c1-5-7-16(6-2)13-15-12(10-17-13)9-14-8-11(3)4/h5,10-11,14H,1,6-9H2,2-4H3. The molecule has 0 unspecified atom stereocenters. The molecular formula is C13H23N3O. The molecule has 0 saturated carbocycles. The van der Waals surface area contributed by atoms with Gasteiger partial charge in [-0.25, -0.2) is 0 Å². The number of nitrogens with zero attached hydrogens (tertiary/aromatic N) is 2. The van der Waals surface area contributed by atoms with E-state index in [-0.39, 0.29) is 0 Å². The molecule has 0 radical (unpaired) electrons. The number of nitrogens with one attached hydrogen (secondary N) is 1. The third kappa shape index (κ3) is 4.61. The van der Waals surface area contributed by atoms with Crippen molar-refractivity contribution in [2.75, 3.05) is 24.5 Å². The van der Waals surface area contributed by atoms with Gasteiger partial charge in [0.2, 0.25) is 0 Å². The van der Waals surface area contributed by atoms with Crippen molar-refractivity contribution in [1.29, 1.82) is 0 Å². The fourth-order valence-electron chi connectivity index (χ4n) is 1.51. The van der Waals surface area contributed by atoms with Crippen LogP contribution in [0.4, 0.5) is 6.01 Å². The van der Waals surface area contributed by atoms with E-state index >= 15 is 0 Å². The average Bonchev–Trinajstić information content (AvgIpc) is 2.74. The van der Waals surface area contributed by atoms with Crippen LogP contribution >= 0.6 is 0 Å². The first-order valence-corrected chi connectivity index (χ1v) is 6.18. The second-order valence-electron chi connectivity index (χ2n) is 4.47. The molecule has 1 aromatic heterocycles. The second kappa shape index (κ2) is 7.12. The smallest absolute Gasteiger partial charge is 0.297 e. The first kappa shape index (κ1) is 13.8. The maximum atomic E-state index is 5.45. The summed E-state index contributed by atoms with van der Waals surface area (Å²) in [5, 5.41) is 3.34. The van der Waals surface area contributed by atoms with Crippen LogP contribution in [0.3, 0.4) is 0 Å². The van der Waals surface area contributed by atoms with Gasteiger partial charge in [0, 0.05) is 19.6 Å². The average molecular weight is 237 g/mol. The molecule has 0 aliphatic heterocycles. The van der Waals surface area contributed by atoms with Gasteiger partial charge >= 0.3 is 0 Å². The molecule has 96 valence electrons. The van der Waals surface area contributed by atoms with Crippen molar-refractivity contribution in [1.82, 2.24) is 10.3 Å². The van der Waals surface area contributed by atoms with Crippen molar-refractivity contribution in [3.8, 4) is 0 Å². The highest BCUT2D eigenvalue weighted by Crippen LogP contribution is 2.13. The van der Waals surface area contributed by atoms with Crippen molar-refractivity contribution in [3.05, 3.63) is 24.6 Å². The molecule has 0 saturated heterocycles. The maximum absolute atomic E-state index is 5.45. The van der Waals surface area contributed by atoms with E-state index in [0.717, 1.165) is 31.9 Å². The number of aromatic nitrogens is 1. The van der Waals surface area contributed by atoms with E-state index in [1.165, 1.54) is 0 Å². The summed E-state index contributed by atoms with van der Waals surface area (Å²) in [6, 6.07) is 0.675. The molecule has 1 heterocycles. The van der Waals surface area contributed by atoms with Crippen LogP contribution in [0, 0.1) is 5.92 Å². The minimum Gasteiger partial charge on any atom is -0.432 e. The van der Waals surface area contributed by atoms with Crippen LogP contribution in [0.2, 0.25) is 0 Å². The van der Waals surface area contributed by atoms with E-state index in [9.17, 15) is 0 Å². The van der Waals surface area contributed by atoms with Crippen molar-refractivity contribution in [2.24, 2.45) is 5.92 Å². The van der Waals surface area contributed by atoms with Gasteiger partial charge in [-0.15, -0.1) is 6.58 Å². The lowest BCUT2D eigenvalue weighted by atomic mass is 10.2. The minimum atomic E-state index is 0.647. The topological polar surface area (TPSA) is 41.3 Å². The van der Waals surface area contributed by atoms with Crippen LogP contribution in [-0.2, 0) is 6.54 Å². The third-order valence-corrected chi connectivity index (χ3v) is 2.40. The quantitative estimate of drug-likeness (QED) is 0.705. The predicted molar refractivity (Wildman–Crippen MR) is 71.1 cm³/mol. The zero-order valence-electron chi connectivity index (χ0n) is 11.1. The van der Waals surface area contributed by atoms with Gasteiger partial charge < -0.3 is 14.6 Å². The maximum Gasteiger partial charge on any atom is 0.297 e. The SMILES string of the molecule is C=CCN(CC)c1nc(CNCC(C)C)co1. The number of likely N-dealkylation sites (N-methyl/N-ethyl adjacent to an activating group) is 1. The first-order chi connectivity index (χ1) is 8.17. The largest absolute Gasteiger partial charge is 0.432 e. The fraction of sp³-hybridized carbons (Fsp3) is 0.615. The van der Waals surface area contributed by atoms with Gasteiger partial charge in [-0.1, -0.05) is 19.9 Å². The molecule has 1 N–H and O–H groups in total. The molecular weight excluding hydrogens is 214 g/mol. The highest BCUT2D eigenvalue weighted by Gasteiger charge is 2.09. The van der Waals surface area contributed by atoms with E-state index in [0.29, 0.717) is 11.9 Å². The van der Waals surface area contributed by atoms with Gasteiger partial charge in [0.1, 0.15) is 6.26 Å². The van der Waals surface area contributed by atoms with Crippen LogP contribution in [0.25, 0.3) is 0 Å². The van der Waals surface area contributed by atoms with Crippen LogP contribution < -0.4 is 10.2 Å². The predicted octanol–water partition coefficient (Wildman–Crippen LogP) is 2.43. The van der Waals surface area contributed by atoms with Gasteiger partial charge in [0.15, 0.2) is 0 Å². The summed E-state index contributed by atoms with van der Waals surface area (Å²) < 4.78 is 5.45. The summed E-state index contributed by atoms with van der Waals surface area (Å²) in [6.45, 7) is 13.5. The molecule has 0 atom stereocenters. The molecule has 1 aromatic rings. The normalized spacial score (nSPS) is 10.8. The Bertz CT molecular complexity index is 333. The molecule has 0 aliphatic rings. The third-order valence-electron chi connectivity index (χ3n) is 2.40. The molecule has 17 heavy (non-hydrogen) atoms. The van der Waals surface area contributed by atoms with Crippen molar-refractivity contribution in [3.63, 3.8) is 0 Å². The van der Waals surface area contributed by atoms with Crippen molar-refractivity contribution >= 4 is 6.01 Å². The Labute approximate surface area is 104 Å². The Balaban J connectivity index is 2.48. The Kier molecular flexibility index (Phi) is 5.77.